The van der Waals surface area contributed by atoms with E-state index in [-0.39, 0.29) is 11.5 Å². The highest BCUT2D eigenvalue weighted by molar-refractivity contribution is 5.74. The fraction of sp³-hybridized carbons (Fsp3) is 0.310. The van der Waals surface area contributed by atoms with Crippen molar-refractivity contribution in [2.75, 3.05) is 31.1 Å². The van der Waals surface area contributed by atoms with Crippen LogP contribution in [0.15, 0.2) is 79.1 Å². The quantitative estimate of drug-likeness (QED) is 0.382. The Morgan fingerprint density at radius 3 is 2.31 bits per heavy atom. The SMILES string of the molecule is CC(C)(C)c1ccc(-c2cn3cccc(N4CCN(C(=O)OCc5ccccc5)CC4)c3n2)cc1. The van der Waals surface area contributed by atoms with Gasteiger partial charge in [-0.15, -0.1) is 0 Å². The van der Waals surface area contributed by atoms with Gasteiger partial charge in [-0.25, -0.2) is 9.78 Å². The molecule has 1 amide bonds. The van der Waals surface area contributed by atoms with E-state index in [0.717, 1.165) is 41.2 Å². The van der Waals surface area contributed by atoms with E-state index >= 15 is 0 Å². The molecule has 1 saturated heterocycles. The van der Waals surface area contributed by atoms with E-state index in [1.807, 2.05) is 36.5 Å². The molecule has 0 radical (unpaired) electrons. The number of nitrogens with zero attached hydrogens (tertiary/aromatic N) is 4. The van der Waals surface area contributed by atoms with Gasteiger partial charge in [0.25, 0.3) is 0 Å². The van der Waals surface area contributed by atoms with Gasteiger partial charge in [-0.2, -0.15) is 0 Å². The van der Waals surface area contributed by atoms with Crippen LogP contribution < -0.4 is 4.90 Å². The van der Waals surface area contributed by atoms with Crippen LogP contribution in [0.3, 0.4) is 0 Å². The molecule has 0 atom stereocenters. The molecule has 0 spiro atoms. The van der Waals surface area contributed by atoms with E-state index in [1.54, 1.807) is 4.90 Å². The predicted octanol–water partition coefficient (Wildman–Crippen LogP) is 5.76. The molecule has 0 saturated carbocycles. The van der Waals surface area contributed by atoms with Crippen LogP contribution in [0.5, 0.6) is 0 Å². The summed E-state index contributed by atoms with van der Waals surface area (Å²) in [7, 11) is 0. The summed E-state index contributed by atoms with van der Waals surface area (Å²) < 4.78 is 7.60. The molecule has 35 heavy (non-hydrogen) atoms. The topological polar surface area (TPSA) is 50.1 Å². The molecule has 5 rings (SSSR count). The standard InChI is InChI=1S/C29H32N4O2/c1-29(2,3)24-13-11-23(12-14-24)25-20-33-15-7-10-26(27(33)30-25)31-16-18-32(19-17-31)28(34)35-21-22-8-5-4-6-9-22/h4-15,20H,16-19,21H2,1-3H3. The van der Waals surface area contributed by atoms with Crippen molar-refractivity contribution in [2.45, 2.75) is 32.8 Å². The predicted molar refractivity (Wildman–Crippen MR) is 140 cm³/mol. The van der Waals surface area contributed by atoms with Gasteiger partial charge in [0, 0.05) is 44.1 Å². The summed E-state index contributed by atoms with van der Waals surface area (Å²) >= 11 is 0. The van der Waals surface area contributed by atoms with Crippen LogP contribution in [0.4, 0.5) is 10.5 Å². The maximum Gasteiger partial charge on any atom is 0.410 e. The number of carbonyl (C=O) groups excluding carboxylic acids is 1. The molecule has 1 fully saturated rings. The Morgan fingerprint density at radius 1 is 0.914 bits per heavy atom. The van der Waals surface area contributed by atoms with Crippen molar-refractivity contribution in [1.29, 1.82) is 0 Å². The Kier molecular flexibility index (Phi) is 6.20. The van der Waals surface area contributed by atoms with Gasteiger partial charge in [0.1, 0.15) is 6.61 Å². The van der Waals surface area contributed by atoms with Gasteiger partial charge >= 0.3 is 6.09 Å². The average molecular weight is 469 g/mol. The smallest absolute Gasteiger partial charge is 0.410 e. The molecular weight excluding hydrogens is 436 g/mol. The van der Waals surface area contributed by atoms with Crippen molar-refractivity contribution < 1.29 is 9.53 Å². The van der Waals surface area contributed by atoms with E-state index in [9.17, 15) is 4.79 Å². The average Bonchev–Trinajstić information content (AvgIpc) is 3.32. The summed E-state index contributed by atoms with van der Waals surface area (Å²) in [5.74, 6) is 0. The van der Waals surface area contributed by atoms with Gasteiger partial charge in [0.15, 0.2) is 5.65 Å². The Hall–Kier alpha value is -3.80. The van der Waals surface area contributed by atoms with Crippen molar-refractivity contribution in [3.8, 4) is 11.3 Å². The third kappa shape index (κ3) is 5.02. The summed E-state index contributed by atoms with van der Waals surface area (Å²) in [6.07, 6.45) is 3.87. The summed E-state index contributed by atoms with van der Waals surface area (Å²) in [4.78, 5) is 21.6. The minimum absolute atomic E-state index is 0.126. The van der Waals surface area contributed by atoms with E-state index in [2.05, 4.69) is 72.7 Å². The van der Waals surface area contributed by atoms with Gasteiger partial charge in [0.05, 0.1) is 11.4 Å². The fourth-order valence-corrected chi connectivity index (χ4v) is 4.47. The first-order chi connectivity index (χ1) is 16.9. The molecule has 6 heteroatoms. The zero-order chi connectivity index (χ0) is 24.4. The minimum atomic E-state index is -0.256. The zero-order valence-corrected chi connectivity index (χ0v) is 20.6. The number of hydrogen-bond acceptors (Lipinski definition) is 4. The molecule has 1 aliphatic rings. The third-order valence-corrected chi connectivity index (χ3v) is 6.59. The second-order valence-corrected chi connectivity index (χ2v) is 10.1. The van der Waals surface area contributed by atoms with Gasteiger partial charge in [-0.3, -0.25) is 0 Å². The van der Waals surface area contributed by atoms with Gasteiger partial charge in [-0.1, -0.05) is 75.4 Å². The molecule has 2 aromatic carbocycles. The Morgan fingerprint density at radius 2 is 1.63 bits per heavy atom. The highest BCUT2D eigenvalue weighted by Gasteiger charge is 2.24. The van der Waals surface area contributed by atoms with Crippen LogP contribution in [-0.2, 0) is 16.8 Å². The van der Waals surface area contributed by atoms with Crippen LogP contribution in [0, 0.1) is 0 Å². The van der Waals surface area contributed by atoms with Crippen molar-refractivity contribution in [3.05, 3.63) is 90.3 Å². The number of fused-ring (bicyclic) bond motifs is 1. The lowest BCUT2D eigenvalue weighted by molar-refractivity contribution is 0.0942. The van der Waals surface area contributed by atoms with Crippen LogP contribution >= 0.6 is 0 Å². The molecule has 0 unspecified atom stereocenters. The zero-order valence-electron chi connectivity index (χ0n) is 20.6. The minimum Gasteiger partial charge on any atom is -0.445 e. The molecule has 2 aromatic heterocycles. The molecule has 3 heterocycles. The molecule has 6 nitrogen and oxygen atoms in total. The summed E-state index contributed by atoms with van der Waals surface area (Å²) in [6.45, 7) is 9.69. The van der Waals surface area contributed by atoms with Crippen LogP contribution in [0.25, 0.3) is 16.9 Å². The lowest BCUT2D eigenvalue weighted by atomic mass is 9.86. The van der Waals surface area contributed by atoms with E-state index in [4.69, 9.17) is 9.72 Å². The van der Waals surface area contributed by atoms with Gasteiger partial charge < -0.3 is 18.9 Å². The van der Waals surface area contributed by atoms with Gasteiger partial charge in [0.2, 0.25) is 0 Å². The number of piperazine rings is 1. The first kappa shape index (κ1) is 23.0. The first-order valence-corrected chi connectivity index (χ1v) is 12.2. The molecule has 180 valence electrons. The highest BCUT2D eigenvalue weighted by atomic mass is 16.6. The van der Waals surface area contributed by atoms with Crippen molar-refractivity contribution in [1.82, 2.24) is 14.3 Å². The number of anilines is 1. The molecule has 1 aliphatic heterocycles. The van der Waals surface area contributed by atoms with E-state index in [0.29, 0.717) is 19.7 Å². The van der Waals surface area contributed by atoms with E-state index in [1.165, 1.54) is 5.56 Å². The third-order valence-electron chi connectivity index (χ3n) is 6.59. The second-order valence-electron chi connectivity index (χ2n) is 10.1. The number of hydrogen-bond donors (Lipinski definition) is 0. The van der Waals surface area contributed by atoms with Crippen LogP contribution in [-0.4, -0.2) is 46.6 Å². The number of ether oxygens (including phenoxy) is 1. The number of benzene rings is 2. The molecule has 0 bridgehead atoms. The maximum absolute atomic E-state index is 12.5. The van der Waals surface area contributed by atoms with Crippen LogP contribution in [0.2, 0.25) is 0 Å². The molecular formula is C29H32N4O2. The highest BCUT2D eigenvalue weighted by Crippen LogP contribution is 2.29. The van der Waals surface area contributed by atoms with Crippen molar-refractivity contribution in [3.63, 3.8) is 0 Å². The van der Waals surface area contributed by atoms with Crippen molar-refractivity contribution in [2.24, 2.45) is 0 Å². The number of carbonyl (C=O) groups is 1. The largest absolute Gasteiger partial charge is 0.445 e. The number of imidazole rings is 1. The lowest BCUT2D eigenvalue weighted by Crippen LogP contribution is -2.49. The summed E-state index contributed by atoms with van der Waals surface area (Å²) in [5, 5.41) is 0. The molecule has 4 aromatic rings. The monoisotopic (exact) mass is 468 g/mol. The van der Waals surface area contributed by atoms with Crippen LogP contribution in [0.1, 0.15) is 31.9 Å². The Labute approximate surface area is 206 Å². The van der Waals surface area contributed by atoms with Crippen molar-refractivity contribution >= 4 is 17.4 Å². The van der Waals surface area contributed by atoms with E-state index < -0.39 is 0 Å². The fourth-order valence-electron chi connectivity index (χ4n) is 4.47. The second kappa shape index (κ2) is 9.45. The lowest BCUT2D eigenvalue weighted by Gasteiger charge is -2.35. The number of aromatic nitrogens is 2. The maximum atomic E-state index is 12.5. The number of amides is 1. The number of rotatable bonds is 4. The van der Waals surface area contributed by atoms with Gasteiger partial charge in [-0.05, 0) is 28.7 Å². The molecule has 0 N–H and O–H groups in total. The summed E-state index contributed by atoms with van der Waals surface area (Å²) in [6, 6.07) is 22.6. The Bertz CT molecular complexity index is 1300. The molecule has 0 aliphatic carbocycles. The normalized spacial score (nSPS) is 14.4. The summed E-state index contributed by atoms with van der Waals surface area (Å²) in [5.41, 5.74) is 6.52. The number of pyridine rings is 1. The Balaban J connectivity index is 1.27. The first-order valence-electron chi connectivity index (χ1n) is 12.2.